The Balaban J connectivity index is 1.82. The van der Waals surface area contributed by atoms with Gasteiger partial charge in [-0.1, -0.05) is 48.7 Å². The molecule has 1 aliphatic rings. The van der Waals surface area contributed by atoms with Gasteiger partial charge in [-0.15, -0.1) is 0 Å². The zero-order valence-corrected chi connectivity index (χ0v) is 18.8. The number of benzene rings is 2. The normalized spacial score (nSPS) is 15.5. The van der Waals surface area contributed by atoms with Gasteiger partial charge in [-0.05, 0) is 55.2 Å². The summed E-state index contributed by atoms with van der Waals surface area (Å²) in [6.45, 7) is 3.62. The number of hydrogen-bond donors (Lipinski definition) is 0. The molecule has 1 fully saturated rings. The Hall–Kier alpha value is -2.02. The van der Waals surface area contributed by atoms with Crippen LogP contribution < -0.4 is 4.90 Å². The van der Waals surface area contributed by atoms with Crippen molar-refractivity contribution in [3.8, 4) is 11.5 Å². The van der Waals surface area contributed by atoms with Crippen LogP contribution in [0.4, 0.5) is 5.88 Å². The molecule has 0 unspecified atom stereocenters. The first-order chi connectivity index (χ1) is 14.4. The average molecular weight is 465 g/mol. The van der Waals surface area contributed by atoms with E-state index in [1.54, 1.807) is 30.3 Å². The van der Waals surface area contributed by atoms with Crippen molar-refractivity contribution in [3.63, 3.8) is 0 Å². The molecule has 0 aliphatic carbocycles. The van der Waals surface area contributed by atoms with Crippen molar-refractivity contribution < 1.29 is 12.8 Å². The molecule has 158 valence electrons. The molecule has 0 atom stereocenters. The van der Waals surface area contributed by atoms with Crippen LogP contribution in [0.5, 0.6) is 0 Å². The van der Waals surface area contributed by atoms with E-state index >= 15 is 0 Å². The maximum atomic E-state index is 13.4. The molecule has 3 aromatic rings. The summed E-state index contributed by atoms with van der Waals surface area (Å²) in [5.41, 5.74) is 0.557. The minimum atomic E-state index is -3.90. The van der Waals surface area contributed by atoms with Gasteiger partial charge in [0.25, 0.3) is 0 Å². The molecule has 2 aromatic carbocycles. The first-order valence-electron chi connectivity index (χ1n) is 9.91. The van der Waals surface area contributed by atoms with Gasteiger partial charge in [0.1, 0.15) is 0 Å². The molecule has 0 N–H and O–H groups in total. The molecule has 1 aliphatic heterocycles. The fourth-order valence-electron chi connectivity index (χ4n) is 3.69. The van der Waals surface area contributed by atoms with Gasteiger partial charge in [0.05, 0.1) is 15.5 Å². The third kappa shape index (κ3) is 4.09. The van der Waals surface area contributed by atoms with Gasteiger partial charge < -0.3 is 9.32 Å². The van der Waals surface area contributed by atoms with Crippen LogP contribution in [0.25, 0.3) is 11.5 Å². The molecule has 0 radical (unpaired) electrons. The maximum absolute atomic E-state index is 13.4. The van der Waals surface area contributed by atoms with Crippen LogP contribution in [0.2, 0.25) is 10.0 Å². The monoisotopic (exact) mass is 464 g/mol. The fourth-order valence-corrected chi connectivity index (χ4v) is 5.36. The Bertz CT molecular complexity index is 1140. The highest BCUT2D eigenvalue weighted by molar-refractivity contribution is 7.91. The van der Waals surface area contributed by atoms with Crippen LogP contribution in [0.15, 0.2) is 62.9 Å². The summed E-state index contributed by atoms with van der Waals surface area (Å²) >= 11 is 12.3. The first kappa shape index (κ1) is 21.2. The van der Waals surface area contributed by atoms with E-state index in [-0.39, 0.29) is 21.7 Å². The fraction of sp³-hybridized carbons (Fsp3) is 0.318. The lowest BCUT2D eigenvalue weighted by molar-refractivity contribution is 0.380. The van der Waals surface area contributed by atoms with E-state index in [0.717, 1.165) is 32.4 Å². The minimum Gasteiger partial charge on any atom is -0.419 e. The van der Waals surface area contributed by atoms with Crippen LogP contribution in [-0.2, 0) is 9.84 Å². The van der Waals surface area contributed by atoms with Crippen LogP contribution in [-0.4, -0.2) is 26.5 Å². The number of piperidine rings is 1. The lowest BCUT2D eigenvalue weighted by Crippen LogP contribution is -2.34. The topological polar surface area (TPSA) is 63.4 Å². The molecule has 30 heavy (non-hydrogen) atoms. The summed E-state index contributed by atoms with van der Waals surface area (Å²) in [5.74, 6) is 1.11. The summed E-state index contributed by atoms with van der Waals surface area (Å²) in [7, 11) is -3.90. The number of anilines is 1. The van der Waals surface area contributed by atoms with E-state index < -0.39 is 9.84 Å². The lowest BCUT2D eigenvalue weighted by Gasteiger charge is -2.31. The van der Waals surface area contributed by atoms with Gasteiger partial charge in [-0.25, -0.2) is 8.42 Å². The highest BCUT2D eigenvalue weighted by Gasteiger charge is 2.33. The van der Waals surface area contributed by atoms with E-state index in [1.165, 1.54) is 12.1 Å². The summed E-state index contributed by atoms with van der Waals surface area (Å²) in [5, 5.41) is 0.827. The first-order valence-corrected chi connectivity index (χ1v) is 12.2. The summed E-state index contributed by atoms with van der Waals surface area (Å²) in [6.07, 6.45) is 3.09. The van der Waals surface area contributed by atoms with Crippen molar-refractivity contribution in [2.24, 2.45) is 5.92 Å². The van der Waals surface area contributed by atoms with Crippen molar-refractivity contribution >= 4 is 38.9 Å². The van der Waals surface area contributed by atoms with Gasteiger partial charge in [-0.3, -0.25) is 0 Å². The summed E-state index contributed by atoms with van der Waals surface area (Å²) in [4.78, 5) is 6.51. The number of aromatic nitrogens is 1. The molecule has 0 saturated carbocycles. The minimum absolute atomic E-state index is 0.0882. The van der Waals surface area contributed by atoms with Gasteiger partial charge in [0.2, 0.25) is 26.6 Å². The van der Waals surface area contributed by atoms with Crippen LogP contribution in [0, 0.1) is 5.92 Å². The Kier molecular flexibility index (Phi) is 6.09. The number of nitrogens with zero attached hydrogens (tertiary/aromatic N) is 2. The average Bonchev–Trinajstić information content (AvgIpc) is 3.20. The van der Waals surface area contributed by atoms with Crippen LogP contribution in [0.1, 0.15) is 26.2 Å². The largest absolute Gasteiger partial charge is 0.419 e. The van der Waals surface area contributed by atoms with Crippen molar-refractivity contribution in [1.29, 1.82) is 0 Å². The molecular formula is C22H22Cl2N2O3S. The number of hydrogen-bond acceptors (Lipinski definition) is 5. The molecule has 0 bridgehead atoms. The molecular weight excluding hydrogens is 443 g/mol. The Labute approximate surface area is 186 Å². The zero-order valence-electron chi connectivity index (χ0n) is 16.5. The number of oxazole rings is 1. The van der Waals surface area contributed by atoms with Gasteiger partial charge in [-0.2, -0.15) is 4.98 Å². The Morgan fingerprint density at radius 2 is 1.73 bits per heavy atom. The highest BCUT2D eigenvalue weighted by Crippen LogP contribution is 2.38. The van der Waals surface area contributed by atoms with E-state index in [1.807, 2.05) is 11.0 Å². The van der Waals surface area contributed by atoms with Gasteiger partial charge >= 0.3 is 0 Å². The van der Waals surface area contributed by atoms with Crippen molar-refractivity contribution in [1.82, 2.24) is 4.98 Å². The lowest BCUT2D eigenvalue weighted by atomic mass is 9.95. The molecule has 1 aromatic heterocycles. The van der Waals surface area contributed by atoms with Crippen LogP contribution in [0.3, 0.4) is 0 Å². The summed E-state index contributed by atoms with van der Waals surface area (Å²) in [6, 6.07) is 13.2. The second kappa shape index (κ2) is 8.61. The molecule has 5 nitrogen and oxygen atoms in total. The van der Waals surface area contributed by atoms with E-state index in [2.05, 4.69) is 11.9 Å². The molecule has 8 heteroatoms. The quantitative estimate of drug-likeness (QED) is 0.455. The predicted molar refractivity (Wildman–Crippen MR) is 119 cm³/mol. The summed E-state index contributed by atoms with van der Waals surface area (Å²) < 4.78 is 32.9. The van der Waals surface area contributed by atoms with E-state index in [4.69, 9.17) is 27.6 Å². The van der Waals surface area contributed by atoms with Crippen molar-refractivity contribution in [2.75, 3.05) is 18.0 Å². The standard InChI is InChI=1S/C22H22Cl2N2O3S/c1-2-15-11-13-26(14-12-15)22-21(30(27,28)17-9-7-16(23)8-10-17)25-20(29-22)18-5-3-4-6-19(18)24/h3-10,15H,2,11-14H2,1H3. The Morgan fingerprint density at radius 1 is 1.07 bits per heavy atom. The molecule has 1 saturated heterocycles. The van der Waals surface area contributed by atoms with Crippen molar-refractivity contribution in [2.45, 2.75) is 36.1 Å². The molecule has 0 spiro atoms. The number of halogens is 2. The maximum Gasteiger partial charge on any atom is 0.236 e. The smallest absolute Gasteiger partial charge is 0.236 e. The third-order valence-electron chi connectivity index (χ3n) is 5.54. The van der Waals surface area contributed by atoms with E-state index in [9.17, 15) is 8.42 Å². The number of rotatable bonds is 5. The van der Waals surface area contributed by atoms with Crippen molar-refractivity contribution in [3.05, 3.63) is 58.6 Å². The SMILES string of the molecule is CCC1CCN(c2oc(-c3ccccc3Cl)nc2S(=O)(=O)c2ccc(Cl)cc2)CC1. The number of sulfone groups is 1. The molecule has 0 amide bonds. The van der Waals surface area contributed by atoms with E-state index in [0.29, 0.717) is 21.5 Å². The molecule has 4 rings (SSSR count). The second-order valence-electron chi connectivity index (χ2n) is 7.41. The van der Waals surface area contributed by atoms with Gasteiger partial charge in [0, 0.05) is 18.1 Å². The Morgan fingerprint density at radius 3 is 2.37 bits per heavy atom. The predicted octanol–water partition coefficient (Wildman–Crippen LogP) is 6.11. The van der Waals surface area contributed by atoms with Crippen LogP contribution >= 0.6 is 23.2 Å². The molecule has 2 heterocycles. The zero-order chi connectivity index (χ0) is 21.3. The van der Waals surface area contributed by atoms with Gasteiger partial charge in [0.15, 0.2) is 0 Å². The third-order valence-corrected chi connectivity index (χ3v) is 7.79. The second-order valence-corrected chi connectivity index (χ2v) is 10.1. The highest BCUT2D eigenvalue weighted by atomic mass is 35.5.